The number of nitrogens with zero attached hydrogens (tertiary/aromatic N) is 2. The molecule has 0 amide bonds. The Labute approximate surface area is 106 Å². The molecule has 0 radical (unpaired) electrons. The van der Waals surface area contributed by atoms with Crippen molar-refractivity contribution in [2.45, 2.75) is 25.3 Å². The van der Waals surface area contributed by atoms with Crippen LogP contribution in [0.5, 0.6) is 0 Å². The van der Waals surface area contributed by atoms with Gasteiger partial charge in [-0.25, -0.2) is 0 Å². The van der Waals surface area contributed by atoms with Crippen LogP contribution in [-0.2, 0) is 6.42 Å². The van der Waals surface area contributed by atoms with Crippen LogP contribution in [0.1, 0.15) is 30.1 Å². The summed E-state index contributed by atoms with van der Waals surface area (Å²) >= 11 is 1.27. The summed E-state index contributed by atoms with van der Waals surface area (Å²) < 4.78 is 8.33. The van der Waals surface area contributed by atoms with Crippen molar-refractivity contribution in [1.82, 2.24) is 14.1 Å². The largest absolute Gasteiger partial charge is 0.312 e. The topological polar surface area (TPSA) is 37.8 Å². The molecular weight excluding hydrogens is 230 g/mol. The van der Waals surface area contributed by atoms with E-state index in [-0.39, 0.29) is 0 Å². The van der Waals surface area contributed by atoms with E-state index in [1.165, 1.54) is 17.3 Å². The standard InChI is InChI=1S/C13H17N3S/c1-14-12(13-10-15-17-16-13)9-5-8-11-6-3-2-4-7-11/h2-4,6-7,10,12,14H,5,8-9H2,1H3. The van der Waals surface area contributed by atoms with Crippen molar-refractivity contribution in [1.29, 1.82) is 0 Å². The summed E-state index contributed by atoms with van der Waals surface area (Å²) in [4.78, 5) is 0. The van der Waals surface area contributed by atoms with Crippen LogP contribution in [0, 0.1) is 0 Å². The lowest BCUT2D eigenvalue weighted by molar-refractivity contribution is 0.518. The highest BCUT2D eigenvalue weighted by atomic mass is 32.1. The number of hydrogen-bond acceptors (Lipinski definition) is 4. The minimum atomic E-state index is 0.331. The molecule has 17 heavy (non-hydrogen) atoms. The molecule has 1 aromatic carbocycles. The van der Waals surface area contributed by atoms with Crippen molar-refractivity contribution >= 4 is 11.7 Å². The fraction of sp³-hybridized carbons (Fsp3) is 0.385. The monoisotopic (exact) mass is 247 g/mol. The van der Waals surface area contributed by atoms with Gasteiger partial charge in [0.15, 0.2) is 0 Å². The number of aryl methyl sites for hydroxylation is 1. The Bertz CT molecular complexity index is 413. The number of rotatable bonds is 6. The van der Waals surface area contributed by atoms with E-state index >= 15 is 0 Å². The Morgan fingerprint density at radius 2 is 2.12 bits per heavy atom. The molecule has 2 aromatic rings. The van der Waals surface area contributed by atoms with Crippen LogP contribution in [0.15, 0.2) is 36.5 Å². The van der Waals surface area contributed by atoms with Gasteiger partial charge in [0.2, 0.25) is 0 Å². The molecule has 0 aliphatic rings. The second kappa shape index (κ2) is 6.47. The quantitative estimate of drug-likeness (QED) is 0.853. The minimum Gasteiger partial charge on any atom is -0.312 e. The molecule has 1 atom stereocenters. The summed E-state index contributed by atoms with van der Waals surface area (Å²) in [5.41, 5.74) is 2.46. The molecule has 90 valence electrons. The maximum absolute atomic E-state index is 4.28. The van der Waals surface area contributed by atoms with Crippen LogP contribution in [0.25, 0.3) is 0 Å². The smallest absolute Gasteiger partial charge is 0.0912 e. The van der Waals surface area contributed by atoms with Gasteiger partial charge in [-0.15, -0.1) is 0 Å². The van der Waals surface area contributed by atoms with Crippen LogP contribution in [0.2, 0.25) is 0 Å². The van der Waals surface area contributed by atoms with Gasteiger partial charge in [0.25, 0.3) is 0 Å². The number of benzene rings is 1. The van der Waals surface area contributed by atoms with E-state index in [2.05, 4.69) is 44.4 Å². The summed E-state index contributed by atoms with van der Waals surface area (Å²) in [6, 6.07) is 10.9. The predicted octanol–water partition coefficient (Wildman–Crippen LogP) is 2.82. The lowest BCUT2D eigenvalue weighted by Gasteiger charge is -2.12. The van der Waals surface area contributed by atoms with Crippen LogP contribution in [0.4, 0.5) is 0 Å². The van der Waals surface area contributed by atoms with Crippen molar-refractivity contribution < 1.29 is 0 Å². The average Bonchev–Trinajstić information content (AvgIpc) is 2.90. The molecule has 1 heterocycles. The minimum absolute atomic E-state index is 0.331. The van der Waals surface area contributed by atoms with E-state index in [0.29, 0.717) is 6.04 Å². The molecule has 1 N–H and O–H groups in total. The summed E-state index contributed by atoms with van der Waals surface area (Å²) in [6.07, 6.45) is 5.23. The van der Waals surface area contributed by atoms with Crippen LogP contribution < -0.4 is 5.32 Å². The number of nitrogens with one attached hydrogen (secondary N) is 1. The molecule has 0 saturated carbocycles. The molecule has 0 aliphatic heterocycles. The Morgan fingerprint density at radius 3 is 2.76 bits per heavy atom. The first-order valence-corrected chi connectivity index (χ1v) is 6.62. The molecule has 0 aliphatic carbocycles. The molecule has 0 bridgehead atoms. The molecule has 0 spiro atoms. The van der Waals surface area contributed by atoms with E-state index in [4.69, 9.17) is 0 Å². The van der Waals surface area contributed by atoms with Crippen molar-refractivity contribution in [3.63, 3.8) is 0 Å². The molecule has 2 rings (SSSR count). The fourth-order valence-electron chi connectivity index (χ4n) is 1.92. The molecule has 1 unspecified atom stereocenters. The van der Waals surface area contributed by atoms with E-state index < -0.39 is 0 Å². The van der Waals surface area contributed by atoms with Crippen LogP contribution in [-0.4, -0.2) is 15.8 Å². The van der Waals surface area contributed by atoms with Gasteiger partial charge in [0.1, 0.15) is 0 Å². The highest BCUT2D eigenvalue weighted by Gasteiger charge is 2.11. The summed E-state index contributed by atoms with van der Waals surface area (Å²) in [5, 5.41) is 3.29. The first-order valence-electron chi connectivity index (χ1n) is 5.89. The van der Waals surface area contributed by atoms with Crippen molar-refractivity contribution in [3.8, 4) is 0 Å². The fourth-order valence-corrected chi connectivity index (χ4v) is 2.39. The van der Waals surface area contributed by atoms with Crippen molar-refractivity contribution in [2.24, 2.45) is 0 Å². The summed E-state index contributed by atoms with van der Waals surface area (Å²) in [5.74, 6) is 0. The molecule has 0 saturated heterocycles. The Hall–Kier alpha value is -1.26. The number of hydrogen-bond donors (Lipinski definition) is 1. The Kier molecular flexibility index (Phi) is 4.64. The maximum atomic E-state index is 4.28. The van der Waals surface area contributed by atoms with E-state index in [1.54, 1.807) is 0 Å². The van der Waals surface area contributed by atoms with Gasteiger partial charge in [0, 0.05) is 0 Å². The summed E-state index contributed by atoms with van der Waals surface area (Å²) in [6.45, 7) is 0. The predicted molar refractivity (Wildman–Crippen MR) is 71.1 cm³/mol. The second-order valence-electron chi connectivity index (χ2n) is 4.05. The van der Waals surface area contributed by atoms with Crippen LogP contribution >= 0.6 is 11.7 Å². The first-order chi connectivity index (χ1) is 8.40. The Morgan fingerprint density at radius 1 is 1.29 bits per heavy atom. The Balaban J connectivity index is 1.81. The zero-order valence-electron chi connectivity index (χ0n) is 9.97. The van der Waals surface area contributed by atoms with Gasteiger partial charge in [-0.3, -0.25) is 0 Å². The maximum Gasteiger partial charge on any atom is 0.0912 e. The normalized spacial score (nSPS) is 12.5. The van der Waals surface area contributed by atoms with Crippen LogP contribution in [0.3, 0.4) is 0 Å². The molecule has 3 nitrogen and oxygen atoms in total. The van der Waals surface area contributed by atoms with Gasteiger partial charge < -0.3 is 5.32 Å². The average molecular weight is 247 g/mol. The highest BCUT2D eigenvalue weighted by molar-refractivity contribution is 6.99. The van der Waals surface area contributed by atoms with Crippen molar-refractivity contribution in [2.75, 3.05) is 7.05 Å². The third-order valence-corrected chi connectivity index (χ3v) is 3.38. The second-order valence-corrected chi connectivity index (χ2v) is 4.61. The molecular formula is C13H17N3S. The SMILES string of the molecule is CNC(CCCc1ccccc1)c1cnsn1. The highest BCUT2D eigenvalue weighted by Crippen LogP contribution is 2.17. The third-order valence-electron chi connectivity index (χ3n) is 2.88. The zero-order chi connectivity index (χ0) is 11.9. The lowest BCUT2D eigenvalue weighted by atomic mass is 10.0. The lowest BCUT2D eigenvalue weighted by Crippen LogP contribution is -2.16. The van der Waals surface area contributed by atoms with Gasteiger partial charge in [-0.05, 0) is 31.9 Å². The van der Waals surface area contributed by atoms with Gasteiger partial charge >= 0.3 is 0 Å². The first kappa shape index (κ1) is 12.2. The van der Waals surface area contributed by atoms with Crippen molar-refractivity contribution in [3.05, 3.63) is 47.8 Å². The zero-order valence-corrected chi connectivity index (χ0v) is 10.8. The van der Waals surface area contributed by atoms with Gasteiger partial charge in [-0.2, -0.15) is 8.75 Å². The van der Waals surface area contributed by atoms with Gasteiger partial charge in [-0.1, -0.05) is 30.3 Å². The molecule has 1 aromatic heterocycles. The summed E-state index contributed by atoms with van der Waals surface area (Å²) in [7, 11) is 1.98. The van der Waals surface area contributed by atoms with E-state index in [0.717, 1.165) is 25.0 Å². The van der Waals surface area contributed by atoms with E-state index in [1.807, 2.05) is 13.2 Å². The third kappa shape index (κ3) is 3.61. The molecule has 4 heteroatoms. The van der Waals surface area contributed by atoms with Gasteiger partial charge in [0.05, 0.1) is 29.7 Å². The molecule has 0 fully saturated rings. The van der Waals surface area contributed by atoms with E-state index in [9.17, 15) is 0 Å². The number of aromatic nitrogens is 2.